The van der Waals surface area contributed by atoms with Crippen molar-refractivity contribution in [1.82, 2.24) is 10.3 Å². The zero-order valence-electron chi connectivity index (χ0n) is 10.3. The Morgan fingerprint density at radius 1 is 1.67 bits per heavy atom. The molecule has 6 heteroatoms. The van der Waals surface area contributed by atoms with Crippen LogP contribution in [0.15, 0.2) is 18.3 Å². The number of pyridine rings is 1. The van der Waals surface area contributed by atoms with Crippen LogP contribution in [0.25, 0.3) is 0 Å². The molecule has 0 aliphatic carbocycles. The molecule has 0 aromatic carbocycles. The van der Waals surface area contributed by atoms with Crippen molar-refractivity contribution >= 4 is 23.0 Å². The second-order valence-corrected chi connectivity index (χ2v) is 4.44. The Hall–Kier alpha value is -1.40. The highest BCUT2D eigenvalue weighted by atomic mass is 32.1. The predicted octanol–water partition coefficient (Wildman–Crippen LogP) is 1.56. The third kappa shape index (κ3) is 3.54. The standard InChI is InChI=1S/C12H17N3O2S/c1-16-11-10(5-2-6-13-11)15-12(18)14-8-9-4-3-7-17-9/h2,5-6,9H,3-4,7-8H2,1H3,(H2,14,15,18)/t9-/m1/s1. The largest absolute Gasteiger partial charge is 0.480 e. The molecule has 5 nitrogen and oxygen atoms in total. The zero-order valence-corrected chi connectivity index (χ0v) is 11.1. The summed E-state index contributed by atoms with van der Waals surface area (Å²) >= 11 is 5.22. The maximum absolute atomic E-state index is 5.51. The van der Waals surface area contributed by atoms with E-state index in [1.54, 1.807) is 13.3 Å². The Morgan fingerprint density at radius 2 is 2.56 bits per heavy atom. The van der Waals surface area contributed by atoms with Crippen molar-refractivity contribution in [2.45, 2.75) is 18.9 Å². The van der Waals surface area contributed by atoms with E-state index >= 15 is 0 Å². The molecule has 1 aromatic heterocycles. The first-order chi connectivity index (χ1) is 8.79. The molecule has 18 heavy (non-hydrogen) atoms. The van der Waals surface area contributed by atoms with Gasteiger partial charge >= 0.3 is 0 Å². The minimum Gasteiger partial charge on any atom is -0.480 e. The summed E-state index contributed by atoms with van der Waals surface area (Å²) in [4.78, 5) is 4.09. The van der Waals surface area contributed by atoms with Gasteiger partial charge in [0.25, 0.3) is 0 Å². The van der Waals surface area contributed by atoms with Gasteiger partial charge < -0.3 is 20.1 Å². The van der Waals surface area contributed by atoms with Gasteiger partial charge in [-0.15, -0.1) is 0 Å². The van der Waals surface area contributed by atoms with Crippen molar-refractivity contribution < 1.29 is 9.47 Å². The van der Waals surface area contributed by atoms with Gasteiger partial charge in [-0.05, 0) is 37.2 Å². The topological polar surface area (TPSA) is 55.4 Å². The highest BCUT2D eigenvalue weighted by Gasteiger charge is 2.15. The Kier molecular flexibility index (Phi) is 4.72. The van der Waals surface area contributed by atoms with Crippen LogP contribution in [0.2, 0.25) is 0 Å². The number of hydrogen-bond donors (Lipinski definition) is 2. The molecule has 0 bridgehead atoms. The second-order valence-electron chi connectivity index (χ2n) is 4.03. The van der Waals surface area contributed by atoms with Gasteiger partial charge in [0.15, 0.2) is 5.11 Å². The SMILES string of the molecule is COc1ncccc1NC(=S)NC[C@H]1CCCO1. The van der Waals surface area contributed by atoms with E-state index in [1.165, 1.54) is 0 Å². The molecular formula is C12H17N3O2S. The Balaban J connectivity index is 1.82. The van der Waals surface area contributed by atoms with Crippen LogP contribution >= 0.6 is 12.2 Å². The fourth-order valence-corrected chi connectivity index (χ4v) is 2.02. The van der Waals surface area contributed by atoms with Gasteiger partial charge in [-0.3, -0.25) is 0 Å². The molecular weight excluding hydrogens is 250 g/mol. The quantitative estimate of drug-likeness (QED) is 0.807. The number of aromatic nitrogens is 1. The lowest BCUT2D eigenvalue weighted by Crippen LogP contribution is -2.34. The smallest absolute Gasteiger partial charge is 0.237 e. The molecule has 1 saturated heterocycles. The van der Waals surface area contributed by atoms with Crippen molar-refractivity contribution in [2.75, 3.05) is 25.6 Å². The fraction of sp³-hybridized carbons (Fsp3) is 0.500. The normalized spacial score (nSPS) is 18.4. The lowest BCUT2D eigenvalue weighted by Gasteiger charge is -2.14. The van der Waals surface area contributed by atoms with Crippen LogP contribution in [0, 0.1) is 0 Å². The van der Waals surface area contributed by atoms with E-state index < -0.39 is 0 Å². The van der Waals surface area contributed by atoms with Crippen LogP contribution in [0.5, 0.6) is 5.88 Å². The van der Waals surface area contributed by atoms with Crippen LogP contribution in [0.4, 0.5) is 5.69 Å². The number of anilines is 1. The minimum absolute atomic E-state index is 0.264. The summed E-state index contributed by atoms with van der Waals surface area (Å²) in [7, 11) is 1.58. The number of nitrogens with one attached hydrogen (secondary N) is 2. The number of methoxy groups -OCH3 is 1. The maximum atomic E-state index is 5.51. The first-order valence-electron chi connectivity index (χ1n) is 5.95. The highest BCUT2D eigenvalue weighted by Crippen LogP contribution is 2.19. The highest BCUT2D eigenvalue weighted by molar-refractivity contribution is 7.80. The van der Waals surface area contributed by atoms with Gasteiger partial charge in [-0.25, -0.2) is 4.98 Å². The lowest BCUT2D eigenvalue weighted by atomic mass is 10.2. The zero-order chi connectivity index (χ0) is 12.8. The fourth-order valence-electron chi connectivity index (χ4n) is 1.83. The summed E-state index contributed by atoms with van der Waals surface area (Å²) in [6.45, 7) is 1.58. The molecule has 1 aromatic rings. The first-order valence-corrected chi connectivity index (χ1v) is 6.36. The van der Waals surface area contributed by atoms with Crippen molar-refractivity contribution in [2.24, 2.45) is 0 Å². The number of rotatable bonds is 4. The molecule has 0 amide bonds. The average Bonchev–Trinajstić information content (AvgIpc) is 2.90. The van der Waals surface area contributed by atoms with Crippen LogP contribution < -0.4 is 15.4 Å². The van der Waals surface area contributed by atoms with Crippen LogP contribution in [-0.4, -0.2) is 36.5 Å². The monoisotopic (exact) mass is 267 g/mol. The van der Waals surface area contributed by atoms with Gasteiger partial charge in [-0.1, -0.05) is 0 Å². The number of hydrogen-bond acceptors (Lipinski definition) is 4. The summed E-state index contributed by atoms with van der Waals surface area (Å²) in [6, 6.07) is 3.69. The minimum atomic E-state index is 0.264. The van der Waals surface area contributed by atoms with Crippen molar-refractivity contribution in [3.05, 3.63) is 18.3 Å². The molecule has 0 saturated carbocycles. The van der Waals surface area contributed by atoms with E-state index in [2.05, 4.69) is 15.6 Å². The van der Waals surface area contributed by atoms with E-state index in [-0.39, 0.29) is 6.10 Å². The van der Waals surface area contributed by atoms with Gasteiger partial charge in [-0.2, -0.15) is 0 Å². The summed E-state index contributed by atoms with van der Waals surface area (Å²) in [5.74, 6) is 0.527. The summed E-state index contributed by atoms with van der Waals surface area (Å²) < 4.78 is 10.6. The summed E-state index contributed by atoms with van der Waals surface area (Å²) in [6.07, 6.45) is 4.15. The van der Waals surface area contributed by atoms with Gasteiger partial charge in [0.05, 0.1) is 13.2 Å². The molecule has 0 unspecified atom stereocenters. The number of nitrogens with zero attached hydrogens (tertiary/aromatic N) is 1. The molecule has 1 aliphatic rings. The van der Waals surface area contributed by atoms with E-state index in [1.807, 2.05) is 12.1 Å². The predicted molar refractivity (Wildman–Crippen MR) is 74.0 cm³/mol. The molecule has 98 valence electrons. The number of ether oxygens (including phenoxy) is 2. The molecule has 1 aliphatic heterocycles. The van der Waals surface area contributed by atoms with Crippen molar-refractivity contribution in [3.63, 3.8) is 0 Å². The molecule has 2 N–H and O–H groups in total. The Labute approximate surface area is 112 Å². The molecule has 2 rings (SSSR count). The van der Waals surface area contributed by atoms with E-state index in [0.29, 0.717) is 11.0 Å². The van der Waals surface area contributed by atoms with Crippen LogP contribution in [0.1, 0.15) is 12.8 Å². The third-order valence-corrected chi connectivity index (χ3v) is 2.97. The Bertz CT molecular complexity index is 408. The van der Waals surface area contributed by atoms with E-state index in [0.717, 1.165) is 31.7 Å². The lowest BCUT2D eigenvalue weighted by molar-refractivity contribution is 0.114. The van der Waals surface area contributed by atoms with Crippen LogP contribution in [-0.2, 0) is 4.74 Å². The van der Waals surface area contributed by atoms with Gasteiger partial charge in [0.1, 0.15) is 5.69 Å². The van der Waals surface area contributed by atoms with Gasteiger partial charge in [0, 0.05) is 19.3 Å². The first kappa shape index (κ1) is 13.0. The second kappa shape index (κ2) is 6.51. The number of thiocarbonyl (C=S) groups is 1. The Morgan fingerprint density at radius 3 is 3.28 bits per heavy atom. The molecule has 1 atom stereocenters. The average molecular weight is 267 g/mol. The molecule has 2 heterocycles. The summed E-state index contributed by atoms with van der Waals surface area (Å²) in [5.41, 5.74) is 0.754. The van der Waals surface area contributed by atoms with Crippen molar-refractivity contribution in [1.29, 1.82) is 0 Å². The third-order valence-electron chi connectivity index (χ3n) is 2.73. The molecule has 1 fully saturated rings. The van der Waals surface area contributed by atoms with Crippen LogP contribution in [0.3, 0.4) is 0 Å². The molecule has 0 radical (unpaired) electrons. The molecule has 0 spiro atoms. The maximum Gasteiger partial charge on any atom is 0.237 e. The van der Waals surface area contributed by atoms with E-state index in [4.69, 9.17) is 21.7 Å². The summed E-state index contributed by atoms with van der Waals surface area (Å²) in [5, 5.41) is 6.75. The van der Waals surface area contributed by atoms with E-state index in [9.17, 15) is 0 Å². The van der Waals surface area contributed by atoms with Crippen molar-refractivity contribution in [3.8, 4) is 5.88 Å². The van der Waals surface area contributed by atoms with Gasteiger partial charge in [0.2, 0.25) is 5.88 Å².